The van der Waals surface area contributed by atoms with Gasteiger partial charge in [0, 0.05) is 17.7 Å². The number of amides is 1. The summed E-state index contributed by atoms with van der Waals surface area (Å²) >= 11 is 6.41. The average Bonchev–Trinajstić information content (AvgIpc) is 2.96. The monoisotopic (exact) mass is 363 g/mol. The first-order chi connectivity index (χ1) is 11.8. The molecule has 1 aromatic heterocycles. The van der Waals surface area contributed by atoms with Crippen LogP contribution < -0.4 is 4.74 Å². The number of fused-ring (bicyclic) bond motifs is 1. The molecule has 0 saturated heterocycles. The molecule has 7 heteroatoms. The van der Waals surface area contributed by atoms with E-state index in [1.54, 1.807) is 24.3 Å². The minimum atomic E-state index is -0.517. The molecule has 0 aliphatic carbocycles. The molecule has 1 aliphatic rings. The highest BCUT2D eigenvalue weighted by Gasteiger charge is 2.28. The zero-order valence-corrected chi connectivity index (χ0v) is 15.6. The second-order valence-corrected chi connectivity index (χ2v) is 7.38. The fraction of sp³-hybridized carbons (Fsp3) is 0.444. The highest BCUT2D eigenvalue weighted by molar-refractivity contribution is 6.33. The summed E-state index contributed by atoms with van der Waals surface area (Å²) in [6.07, 6.45) is 1.48. The van der Waals surface area contributed by atoms with Crippen molar-refractivity contribution in [1.82, 2.24) is 14.7 Å². The highest BCUT2D eigenvalue weighted by atomic mass is 35.5. The van der Waals surface area contributed by atoms with Crippen LogP contribution in [0.3, 0.4) is 0 Å². The van der Waals surface area contributed by atoms with E-state index in [1.807, 2.05) is 37.6 Å². The van der Waals surface area contributed by atoms with E-state index in [4.69, 9.17) is 21.1 Å². The van der Waals surface area contributed by atoms with E-state index in [0.717, 1.165) is 16.8 Å². The van der Waals surface area contributed by atoms with Gasteiger partial charge >= 0.3 is 6.09 Å². The lowest BCUT2D eigenvalue weighted by atomic mass is 10.1. The molecule has 0 bridgehead atoms. The molecule has 0 saturated carbocycles. The minimum Gasteiger partial charge on any atom is -0.497 e. The Morgan fingerprint density at radius 1 is 1.24 bits per heavy atom. The quantitative estimate of drug-likeness (QED) is 0.810. The number of hydrogen-bond acceptors (Lipinski definition) is 4. The van der Waals surface area contributed by atoms with Gasteiger partial charge in [-0.25, -0.2) is 4.79 Å². The normalized spacial score (nSPS) is 14.2. The molecule has 0 N–H and O–H groups in total. The Bertz CT molecular complexity index is 795. The summed E-state index contributed by atoms with van der Waals surface area (Å²) in [5.74, 6) is 0.699. The zero-order valence-electron chi connectivity index (χ0n) is 14.9. The standard InChI is InChI=1S/C18H22ClN3O3/c1-18(2,3)25-17(23)21-7-8-22-16(11-21)14(10-20-22)13-6-5-12(24-4)9-15(13)19/h5-6,9-10H,7-8,11H2,1-4H3. The Morgan fingerprint density at radius 3 is 2.64 bits per heavy atom. The van der Waals surface area contributed by atoms with Crippen molar-refractivity contribution in [1.29, 1.82) is 0 Å². The Morgan fingerprint density at radius 2 is 2.00 bits per heavy atom. The molecule has 2 aromatic rings. The second kappa shape index (κ2) is 6.59. The number of nitrogens with zero attached hydrogens (tertiary/aromatic N) is 3. The number of carbonyl (C=O) groups excluding carboxylic acids is 1. The highest BCUT2D eigenvalue weighted by Crippen LogP contribution is 2.34. The summed E-state index contributed by atoms with van der Waals surface area (Å²) < 4.78 is 12.6. The van der Waals surface area contributed by atoms with E-state index in [9.17, 15) is 4.79 Å². The largest absolute Gasteiger partial charge is 0.497 e. The molecule has 0 fully saturated rings. The molecule has 0 spiro atoms. The van der Waals surface area contributed by atoms with Gasteiger partial charge in [0.1, 0.15) is 11.4 Å². The third-order valence-corrected chi connectivity index (χ3v) is 4.30. The summed E-state index contributed by atoms with van der Waals surface area (Å²) in [5, 5.41) is 5.02. The maximum Gasteiger partial charge on any atom is 0.410 e. The van der Waals surface area contributed by atoms with Gasteiger partial charge < -0.3 is 14.4 Å². The van der Waals surface area contributed by atoms with Crippen LogP contribution in [0.2, 0.25) is 5.02 Å². The van der Waals surface area contributed by atoms with Crippen molar-refractivity contribution in [3.8, 4) is 16.9 Å². The predicted octanol–water partition coefficient (Wildman–Crippen LogP) is 3.96. The maximum atomic E-state index is 12.4. The van der Waals surface area contributed by atoms with Gasteiger partial charge in [-0.3, -0.25) is 4.68 Å². The number of rotatable bonds is 2. The molecule has 1 aliphatic heterocycles. The smallest absolute Gasteiger partial charge is 0.410 e. The van der Waals surface area contributed by atoms with Crippen LogP contribution in [0, 0.1) is 0 Å². The molecule has 25 heavy (non-hydrogen) atoms. The number of benzene rings is 1. The van der Waals surface area contributed by atoms with Crippen LogP contribution in [0.25, 0.3) is 11.1 Å². The number of ether oxygens (including phenoxy) is 2. The number of hydrogen-bond donors (Lipinski definition) is 0. The third-order valence-electron chi connectivity index (χ3n) is 3.99. The van der Waals surface area contributed by atoms with Gasteiger partial charge in [0.05, 0.1) is 37.1 Å². The first-order valence-corrected chi connectivity index (χ1v) is 8.53. The van der Waals surface area contributed by atoms with Crippen molar-refractivity contribution >= 4 is 17.7 Å². The van der Waals surface area contributed by atoms with Crippen LogP contribution in [0.1, 0.15) is 26.5 Å². The first kappa shape index (κ1) is 17.6. The molecule has 2 heterocycles. The van der Waals surface area contributed by atoms with Crippen LogP contribution in [-0.2, 0) is 17.8 Å². The molecule has 0 atom stereocenters. The number of aromatic nitrogens is 2. The molecule has 3 rings (SSSR count). The van der Waals surface area contributed by atoms with Gasteiger partial charge in [-0.1, -0.05) is 11.6 Å². The number of carbonyl (C=O) groups is 1. The molecular formula is C18H22ClN3O3. The van der Waals surface area contributed by atoms with Crippen molar-refractivity contribution < 1.29 is 14.3 Å². The summed E-state index contributed by atoms with van der Waals surface area (Å²) in [5.41, 5.74) is 2.22. The summed E-state index contributed by atoms with van der Waals surface area (Å²) in [6.45, 7) is 7.22. The molecule has 0 radical (unpaired) electrons. The minimum absolute atomic E-state index is 0.313. The van der Waals surface area contributed by atoms with E-state index in [1.165, 1.54) is 0 Å². The molecule has 134 valence electrons. The molecule has 1 amide bonds. The SMILES string of the molecule is COc1ccc(-c2cnn3c2CN(C(=O)OC(C)(C)C)CC3)c(Cl)c1. The zero-order chi connectivity index (χ0) is 18.2. The number of methoxy groups -OCH3 is 1. The van der Waals surface area contributed by atoms with Gasteiger partial charge in [0.2, 0.25) is 0 Å². The number of halogens is 1. The van der Waals surface area contributed by atoms with Gasteiger partial charge in [0.15, 0.2) is 0 Å². The van der Waals surface area contributed by atoms with E-state index >= 15 is 0 Å². The maximum absolute atomic E-state index is 12.4. The van der Waals surface area contributed by atoms with Crippen LogP contribution in [0.4, 0.5) is 4.79 Å². The Balaban J connectivity index is 1.88. The topological polar surface area (TPSA) is 56.6 Å². The third kappa shape index (κ3) is 3.74. The van der Waals surface area contributed by atoms with E-state index < -0.39 is 5.60 Å². The summed E-state index contributed by atoms with van der Waals surface area (Å²) in [6, 6.07) is 5.54. The fourth-order valence-corrected chi connectivity index (χ4v) is 3.07. The second-order valence-electron chi connectivity index (χ2n) is 6.98. The van der Waals surface area contributed by atoms with Crippen molar-refractivity contribution in [2.75, 3.05) is 13.7 Å². The predicted molar refractivity (Wildman–Crippen MR) is 95.9 cm³/mol. The van der Waals surface area contributed by atoms with Gasteiger partial charge in [0.25, 0.3) is 0 Å². The van der Waals surface area contributed by atoms with E-state index in [0.29, 0.717) is 30.4 Å². The molecule has 1 aromatic carbocycles. The van der Waals surface area contributed by atoms with Crippen LogP contribution in [0.15, 0.2) is 24.4 Å². The van der Waals surface area contributed by atoms with Crippen molar-refractivity contribution in [2.24, 2.45) is 0 Å². The summed E-state index contributed by atoms with van der Waals surface area (Å²) in [4.78, 5) is 14.1. The van der Waals surface area contributed by atoms with Crippen molar-refractivity contribution in [3.63, 3.8) is 0 Å². The lowest BCUT2D eigenvalue weighted by molar-refractivity contribution is 0.0195. The fourth-order valence-electron chi connectivity index (χ4n) is 2.79. The lowest BCUT2D eigenvalue weighted by Crippen LogP contribution is -2.41. The first-order valence-electron chi connectivity index (χ1n) is 8.15. The summed E-state index contributed by atoms with van der Waals surface area (Å²) in [7, 11) is 1.60. The molecular weight excluding hydrogens is 342 g/mol. The van der Waals surface area contributed by atoms with Crippen molar-refractivity contribution in [2.45, 2.75) is 39.5 Å². The Hall–Kier alpha value is -2.21. The molecule has 6 nitrogen and oxygen atoms in total. The molecule has 0 unspecified atom stereocenters. The van der Waals surface area contributed by atoms with Crippen LogP contribution in [-0.4, -0.2) is 40.0 Å². The van der Waals surface area contributed by atoms with Crippen molar-refractivity contribution in [3.05, 3.63) is 35.1 Å². The van der Waals surface area contributed by atoms with Gasteiger partial charge in [-0.15, -0.1) is 0 Å². The Kier molecular flexibility index (Phi) is 4.64. The van der Waals surface area contributed by atoms with Crippen LogP contribution in [0.5, 0.6) is 5.75 Å². The van der Waals surface area contributed by atoms with Crippen LogP contribution >= 0.6 is 11.6 Å². The van der Waals surface area contributed by atoms with E-state index in [2.05, 4.69) is 5.10 Å². The van der Waals surface area contributed by atoms with E-state index in [-0.39, 0.29) is 6.09 Å². The van der Waals surface area contributed by atoms with Gasteiger partial charge in [-0.05, 0) is 39.0 Å². The Labute approximate surface area is 152 Å². The van der Waals surface area contributed by atoms with Gasteiger partial charge in [-0.2, -0.15) is 5.10 Å². The lowest BCUT2D eigenvalue weighted by Gasteiger charge is -2.31. The average molecular weight is 364 g/mol.